The molecule has 0 aliphatic heterocycles. The van der Waals surface area contributed by atoms with Crippen LogP contribution in [-0.2, 0) is 13.0 Å². The van der Waals surface area contributed by atoms with Crippen molar-refractivity contribution in [2.24, 2.45) is 11.8 Å². The van der Waals surface area contributed by atoms with E-state index in [1.807, 2.05) is 12.1 Å². The zero-order chi connectivity index (χ0) is 15.1. The Balaban J connectivity index is 1.30. The van der Waals surface area contributed by atoms with Gasteiger partial charge >= 0.3 is 5.97 Å². The third kappa shape index (κ3) is 2.32. The predicted molar refractivity (Wildman–Crippen MR) is 85.0 cm³/mol. The number of hydrogen-bond donors (Lipinski definition) is 2. The number of nitrogens with one attached hydrogen (secondary N) is 1. The third-order valence-corrected chi connectivity index (χ3v) is 5.11. The Kier molecular flexibility index (Phi) is 3.23. The molecule has 2 N–H and O–H groups in total. The van der Waals surface area contributed by atoms with Crippen LogP contribution < -0.4 is 5.32 Å². The van der Waals surface area contributed by atoms with E-state index in [0.717, 1.165) is 36.4 Å². The number of rotatable bonds is 5. The van der Waals surface area contributed by atoms with E-state index >= 15 is 0 Å². The molecule has 3 atom stereocenters. The van der Waals surface area contributed by atoms with Crippen molar-refractivity contribution in [2.45, 2.75) is 18.9 Å². The Morgan fingerprint density at radius 3 is 2.68 bits per heavy atom. The van der Waals surface area contributed by atoms with E-state index < -0.39 is 5.97 Å². The summed E-state index contributed by atoms with van der Waals surface area (Å²) in [5, 5.41) is 12.4. The molecule has 0 bridgehead atoms. The summed E-state index contributed by atoms with van der Waals surface area (Å²) >= 11 is 0. The van der Waals surface area contributed by atoms with Crippen LogP contribution >= 0.6 is 0 Å². The molecule has 0 heterocycles. The van der Waals surface area contributed by atoms with Crippen LogP contribution in [0.15, 0.2) is 48.5 Å². The molecular weight excluding hydrogens is 274 g/mol. The van der Waals surface area contributed by atoms with Crippen molar-refractivity contribution in [3.63, 3.8) is 0 Å². The fraction of sp³-hybridized carbons (Fsp3) is 0.316. The van der Waals surface area contributed by atoms with Gasteiger partial charge < -0.3 is 10.4 Å². The average Bonchev–Trinajstić information content (AvgIpc) is 3.06. The number of fused-ring (bicyclic) bond motifs is 3. The lowest BCUT2D eigenvalue weighted by molar-refractivity contribution is 0.0697. The topological polar surface area (TPSA) is 49.3 Å². The first kappa shape index (κ1) is 13.5. The number of carboxylic acid groups (broad SMARTS) is 1. The van der Waals surface area contributed by atoms with Crippen LogP contribution in [0.4, 0.5) is 0 Å². The summed E-state index contributed by atoms with van der Waals surface area (Å²) in [4.78, 5) is 10.8. The largest absolute Gasteiger partial charge is 0.478 e. The maximum Gasteiger partial charge on any atom is 0.335 e. The lowest BCUT2D eigenvalue weighted by Gasteiger charge is -2.09. The number of aromatic carboxylic acids is 1. The van der Waals surface area contributed by atoms with Gasteiger partial charge in [-0.25, -0.2) is 4.79 Å². The van der Waals surface area contributed by atoms with Crippen LogP contribution in [0.2, 0.25) is 0 Å². The van der Waals surface area contributed by atoms with Crippen molar-refractivity contribution in [3.05, 3.63) is 70.8 Å². The van der Waals surface area contributed by atoms with Crippen molar-refractivity contribution in [1.29, 1.82) is 0 Å². The van der Waals surface area contributed by atoms with Gasteiger partial charge in [-0.3, -0.25) is 0 Å². The fourth-order valence-electron chi connectivity index (χ4n) is 3.91. The molecule has 1 saturated carbocycles. The summed E-state index contributed by atoms with van der Waals surface area (Å²) in [6.45, 7) is 1.85. The van der Waals surface area contributed by atoms with Crippen LogP contribution in [0.3, 0.4) is 0 Å². The predicted octanol–water partition coefficient (Wildman–Crippen LogP) is 3.06. The van der Waals surface area contributed by atoms with Crippen LogP contribution in [0.5, 0.6) is 0 Å². The molecule has 0 spiro atoms. The quantitative estimate of drug-likeness (QED) is 0.890. The highest BCUT2D eigenvalue weighted by atomic mass is 16.4. The smallest absolute Gasteiger partial charge is 0.335 e. The minimum absolute atomic E-state index is 0.345. The molecule has 2 aromatic carbocycles. The second kappa shape index (κ2) is 5.25. The van der Waals surface area contributed by atoms with Crippen LogP contribution in [-0.4, -0.2) is 17.6 Å². The Morgan fingerprint density at radius 1 is 1.14 bits per heavy atom. The highest BCUT2D eigenvalue weighted by Crippen LogP contribution is 2.60. The summed E-state index contributed by atoms with van der Waals surface area (Å²) in [6, 6.07) is 15.9. The van der Waals surface area contributed by atoms with Crippen LogP contribution in [0.1, 0.15) is 33.0 Å². The molecule has 4 rings (SSSR count). The van der Waals surface area contributed by atoms with E-state index in [-0.39, 0.29) is 0 Å². The molecule has 22 heavy (non-hydrogen) atoms. The summed E-state index contributed by atoms with van der Waals surface area (Å²) in [5.74, 6) is 1.49. The fourth-order valence-corrected chi connectivity index (χ4v) is 3.91. The molecule has 1 fully saturated rings. The van der Waals surface area contributed by atoms with Gasteiger partial charge in [0.1, 0.15) is 0 Å². The molecule has 2 aliphatic rings. The summed E-state index contributed by atoms with van der Waals surface area (Å²) in [5.41, 5.74) is 4.58. The number of benzene rings is 2. The molecule has 2 aliphatic carbocycles. The van der Waals surface area contributed by atoms with Crippen molar-refractivity contribution < 1.29 is 9.90 Å². The van der Waals surface area contributed by atoms with Crippen molar-refractivity contribution in [2.75, 3.05) is 6.54 Å². The summed E-state index contributed by atoms with van der Waals surface area (Å²) < 4.78 is 0. The van der Waals surface area contributed by atoms with Gasteiger partial charge in [0.25, 0.3) is 0 Å². The lowest BCUT2D eigenvalue weighted by Crippen LogP contribution is -2.18. The summed E-state index contributed by atoms with van der Waals surface area (Å²) in [7, 11) is 0. The van der Waals surface area contributed by atoms with Gasteiger partial charge in [-0.05, 0) is 59.5 Å². The van der Waals surface area contributed by atoms with Crippen LogP contribution in [0, 0.1) is 11.8 Å². The van der Waals surface area contributed by atoms with Crippen molar-refractivity contribution in [3.8, 4) is 0 Å². The first-order valence-electron chi connectivity index (χ1n) is 7.85. The maximum atomic E-state index is 10.8. The van der Waals surface area contributed by atoms with Crippen molar-refractivity contribution in [1.82, 2.24) is 5.32 Å². The monoisotopic (exact) mass is 293 g/mol. The Morgan fingerprint density at radius 2 is 1.91 bits per heavy atom. The maximum absolute atomic E-state index is 10.8. The molecular formula is C19H19NO2. The number of carboxylic acids is 1. The van der Waals surface area contributed by atoms with Gasteiger partial charge in [-0.1, -0.05) is 36.4 Å². The van der Waals surface area contributed by atoms with E-state index in [1.54, 1.807) is 17.7 Å². The standard InChI is InChI=1S/C19H19NO2/c21-19(22)13-7-5-12(6-8-13)10-20-11-17-16-9-14-3-1-2-4-15(14)18(16)17/h1-8,16-18,20H,9-11H2,(H,21,22). The molecule has 0 amide bonds. The van der Waals surface area contributed by atoms with Gasteiger partial charge in [0.2, 0.25) is 0 Å². The SMILES string of the molecule is O=C(O)c1ccc(CNCC2C3Cc4ccccc4C23)cc1. The minimum atomic E-state index is -0.871. The molecule has 2 aromatic rings. The van der Waals surface area contributed by atoms with E-state index in [2.05, 4.69) is 29.6 Å². The lowest BCUT2D eigenvalue weighted by atomic mass is 10.0. The van der Waals surface area contributed by atoms with Gasteiger partial charge in [-0.2, -0.15) is 0 Å². The molecule has 3 unspecified atom stereocenters. The molecule has 0 radical (unpaired) electrons. The van der Waals surface area contributed by atoms with Gasteiger partial charge in [0.15, 0.2) is 0 Å². The third-order valence-electron chi connectivity index (χ3n) is 5.11. The highest BCUT2D eigenvalue weighted by molar-refractivity contribution is 5.87. The molecule has 112 valence electrons. The normalized spacial score (nSPS) is 24.6. The number of carbonyl (C=O) groups is 1. The Labute approximate surface area is 130 Å². The van der Waals surface area contributed by atoms with Crippen LogP contribution in [0.25, 0.3) is 0 Å². The average molecular weight is 293 g/mol. The van der Waals surface area contributed by atoms with Gasteiger partial charge in [-0.15, -0.1) is 0 Å². The first-order chi connectivity index (χ1) is 10.7. The van der Waals surface area contributed by atoms with Gasteiger partial charge in [0.05, 0.1) is 5.56 Å². The van der Waals surface area contributed by atoms with E-state index in [0.29, 0.717) is 5.56 Å². The van der Waals surface area contributed by atoms with Gasteiger partial charge in [0, 0.05) is 6.54 Å². The molecule has 3 nitrogen and oxygen atoms in total. The second-order valence-corrected chi connectivity index (χ2v) is 6.39. The second-order valence-electron chi connectivity index (χ2n) is 6.39. The van der Waals surface area contributed by atoms with E-state index in [9.17, 15) is 4.79 Å². The van der Waals surface area contributed by atoms with E-state index in [1.165, 1.54) is 12.0 Å². The number of hydrogen-bond acceptors (Lipinski definition) is 2. The van der Waals surface area contributed by atoms with Crippen molar-refractivity contribution >= 4 is 5.97 Å². The molecule has 0 aromatic heterocycles. The molecule has 3 heteroatoms. The zero-order valence-corrected chi connectivity index (χ0v) is 12.3. The highest BCUT2D eigenvalue weighted by Gasteiger charge is 2.54. The summed E-state index contributed by atoms with van der Waals surface area (Å²) in [6.07, 6.45) is 1.24. The van der Waals surface area contributed by atoms with E-state index in [4.69, 9.17) is 5.11 Å². The minimum Gasteiger partial charge on any atom is -0.478 e. The Hall–Kier alpha value is -2.13. The Bertz CT molecular complexity index is 708. The molecule has 0 saturated heterocycles. The zero-order valence-electron chi connectivity index (χ0n) is 12.3. The first-order valence-corrected chi connectivity index (χ1v) is 7.85.